The van der Waals surface area contributed by atoms with Crippen molar-refractivity contribution in [1.82, 2.24) is 20.2 Å². The lowest BCUT2D eigenvalue weighted by Gasteiger charge is -2.17. The van der Waals surface area contributed by atoms with E-state index in [0.29, 0.717) is 12.4 Å². The molecule has 2 aromatic heterocycles. The van der Waals surface area contributed by atoms with E-state index in [1.165, 1.54) is 0 Å². The second-order valence-electron chi connectivity index (χ2n) is 3.37. The van der Waals surface area contributed by atoms with Crippen LogP contribution in [-0.2, 0) is 6.54 Å². The molecule has 0 fully saturated rings. The number of hydrogen-bond acceptors (Lipinski definition) is 5. The molecular formula is C10H9Cl2N5. The Bertz CT molecular complexity index is 505. The van der Waals surface area contributed by atoms with Gasteiger partial charge in [-0.25, -0.2) is 0 Å². The van der Waals surface area contributed by atoms with Gasteiger partial charge in [-0.1, -0.05) is 17.7 Å². The maximum absolute atomic E-state index is 5.90. The Hall–Kier alpha value is -1.46. The molecule has 88 valence electrons. The third-order valence-electron chi connectivity index (χ3n) is 2.09. The molecule has 2 rings (SSSR count). The maximum atomic E-state index is 5.90. The van der Waals surface area contributed by atoms with E-state index in [4.69, 9.17) is 23.2 Å². The Morgan fingerprint density at radius 3 is 2.76 bits per heavy atom. The Morgan fingerprint density at radius 1 is 1.24 bits per heavy atom. The normalized spacial score (nSPS) is 10.3. The van der Waals surface area contributed by atoms with Crippen LogP contribution in [0.2, 0.25) is 10.4 Å². The number of anilines is 1. The molecule has 0 N–H and O–H groups in total. The summed E-state index contributed by atoms with van der Waals surface area (Å²) in [5.74, 6) is 0.484. The van der Waals surface area contributed by atoms with Crippen molar-refractivity contribution >= 4 is 29.0 Å². The molecule has 0 saturated carbocycles. The average Bonchev–Trinajstić information content (AvgIpc) is 2.33. The standard InChI is InChI=1S/C10H9Cl2N5/c1-17(6-7-4-2-3-5-13-7)9-8(11)15-16-10(12)14-9/h2-5H,6H2,1H3. The summed E-state index contributed by atoms with van der Waals surface area (Å²) in [4.78, 5) is 10.1. The van der Waals surface area contributed by atoms with E-state index in [1.54, 1.807) is 6.20 Å². The molecule has 0 bridgehead atoms. The number of aromatic nitrogens is 4. The third-order valence-corrected chi connectivity index (χ3v) is 2.49. The van der Waals surface area contributed by atoms with Crippen LogP contribution in [0.5, 0.6) is 0 Å². The molecule has 0 radical (unpaired) electrons. The summed E-state index contributed by atoms with van der Waals surface area (Å²) in [5.41, 5.74) is 0.904. The lowest BCUT2D eigenvalue weighted by Crippen LogP contribution is -2.19. The zero-order chi connectivity index (χ0) is 12.3. The van der Waals surface area contributed by atoms with Crippen molar-refractivity contribution in [3.8, 4) is 0 Å². The minimum absolute atomic E-state index is 0.0669. The minimum atomic E-state index is 0.0669. The van der Waals surface area contributed by atoms with Crippen LogP contribution in [-0.4, -0.2) is 27.2 Å². The van der Waals surface area contributed by atoms with Gasteiger partial charge in [0.1, 0.15) is 0 Å². The largest absolute Gasteiger partial charge is 0.351 e. The van der Waals surface area contributed by atoms with Crippen LogP contribution in [0.15, 0.2) is 24.4 Å². The van der Waals surface area contributed by atoms with E-state index in [0.717, 1.165) is 5.69 Å². The van der Waals surface area contributed by atoms with Gasteiger partial charge in [-0.3, -0.25) is 4.98 Å². The van der Waals surface area contributed by atoms with E-state index in [1.807, 2.05) is 30.1 Å². The Morgan fingerprint density at radius 2 is 2.06 bits per heavy atom. The van der Waals surface area contributed by atoms with Crippen LogP contribution in [0.4, 0.5) is 5.82 Å². The highest BCUT2D eigenvalue weighted by atomic mass is 35.5. The van der Waals surface area contributed by atoms with Gasteiger partial charge < -0.3 is 4.90 Å². The fraction of sp³-hybridized carbons (Fsp3) is 0.200. The first-order valence-electron chi connectivity index (χ1n) is 4.83. The second kappa shape index (κ2) is 5.25. The molecule has 0 amide bonds. The molecule has 7 heteroatoms. The number of halogens is 2. The van der Waals surface area contributed by atoms with Crippen LogP contribution in [0, 0.1) is 0 Å². The zero-order valence-corrected chi connectivity index (χ0v) is 10.5. The smallest absolute Gasteiger partial charge is 0.245 e. The number of nitrogens with zero attached hydrogens (tertiary/aromatic N) is 5. The van der Waals surface area contributed by atoms with Gasteiger partial charge in [0.25, 0.3) is 0 Å². The Balaban J connectivity index is 2.20. The first-order valence-corrected chi connectivity index (χ1v) is 5.59. The molecule has 0 spiro atoms. The number of hydrogen-bond donors (Lipinski definition) is 0. The summed E-state index contributed by atoms with van der Waals surface area (Å²) in [6.07, 6.45) is 1.73. The summed E-state index contributed by atoms with van der Waals surface area (Å²) in [6.45, 7) is 0.565. The first-order chi connectivity index (χ1) is 8.16. The summed E-state index contributed by atoms with van der Waals surface area (Å²) in [6, 6.07) is 5.70. The lowest BCUT2D eigenvalue weighted by molar-refractivity contribution is 0.841. The summed E-state index contributed by atoms with van der Waals surface area (Å²) in [5, 5.41) is 7.54. The molecular weight excluding hydrogens is 261 g/mol. The monoisotopic (exact) mass is 269 g/mol. The predicted molar refractivity (Wildman–Crippen MR) is 66.2 cm³/mol. The van der Waals surface area contributed by atoms with Gasteiger partial charge in [0.05, 0.1) is 12.2 Å². The second-order valence-corrected chi connectivity index (χ2v) is 4.07. The van der Waals surface area contributed by atoms with E-state index in [9.17, 15) is 0 Å². The molecule has 2 heterocycles. The van der Waals surface area contributed by atoms with Gasteiger partial charge in [-0.15, -0.1) is 10.2 Å². The van der Waals surface area contributed by atoms with Crippen molar-refractivity contribution in [2.45, 2.75) is 6.54 Å². The minimum Gasteiger partial charge on any atom is -0.351 e. The highest BCUT2D eigenvalue weighted by Gasteiger charge is 2.11. The molecule has 0 unspecified atom stereocenters. The van der Waals surface area contributed by atoms with Crippen LogP contribution in [0.3, 0.4) is 0 Å². The van der Waals surface area contributed by atoms with E-state index in [2.05, 4.69) is 20.2 Å². The number of pyridine rings is 1. The van der Waals surface area contributed by atoms with E-state index in [-0.39, 0.29) is 10.4 Å². The maximum Gasteiger partial charge on any atom is 0.245 e. The average molecular weight is 270 g/mol. The molecule has 2 aromatic rings. The molecule has 0 aliphatic heterocycles. The fourth-order valence-corrected chi connectivity index (χ4v) is 1.68. The lowest BCUT2D eigenvalue weighted by atomic mass is 10.3. The van der Waals surface area contributed by atoms with Gasteiger partial charge in [0, 0.05) is 13.2 Å². The van der Waals surface area contributed by atoms with Crippen molar-refractivity contribution < 1.29 is 0 Å². The predicted octanol–water partition coefficient (Wildman–Crippen LogP) is 2.21. The zero-order valence-electron chi connectivity index (χ0n) is 9.01. The van der Waals surface area contributed by atoms with Crippen LogP contribution >= 0.6 is 23.2 Å². The first kappa shape index (κ1) is 12.0. The molecule has 0 saturated heterocycles. The van der Waals surface area contributed by atoms with Crippen LogP contribution in [0.1, 0.15) is 5.69 Å². The van der Waals surface area contributed by atoms with Crippen molar-refractivity contribution in [2.75, 3.05) is 11.9 Å². The molecule has 5 nitrogen and oxygen atoms in total. The van der Waals surface area contributed by atoms with Crippen LogP contribution < -0.4 is 4.90 Å². The van der Waals surface area contributed by atoms with Crippen molar-refractivity contribution in [2.24, 2.45) is 0 Å². The van der Waals surface area contributed by atoms with Crippen molar-refractivity contribution in [1.29, 1.82) is 0 Å². The van der Waals surface area contributed by atoms with Gasteiger partial charge >= 0.3 is 0 Å². The molecule has 0 aliphatic rings. The third kappa shape index (κ3) is 3.01. The van der Waals surface area contributed by atoms with Gasteiger partial charge in [0.2, 0.25) is 5.28 Å². The van der Waals surface area contributed by atoms with E-state index < -0.39 is 0 Å². The van der Waals surface area contributed by atoms with Crippen LogP contribution in [0.25, 0.3) is 0 Å². The topological polar surface area (TPSA) is 54.8 Å². The van der Waals surface area contributed by atoms with Crippen molar-refractivity contribution in [3.63, 3.8) is 0 Å². The Kier molecular flexibility index (Phi) is 3.71. The van der Waals surface area contributed by atoms with Gasteiger partial charge in [-0.2, -0.15) is 4.98 Å². The van der Waals surface area contributed by atoms with Gasteiger partial charge in [0.15, 0.2) is 11.0 Å². The molecule has 0 aromatic carbocycles. The Labute approximate surface area is 108 Å². The molecule has 0 aliphatic carbocycles. The summed E-state index contributed by atoms with van der Waals surface area (Å²) >= 11 is 11.6. The fourth-order valence-electron chi connectivity index (χ4n) is 1.34. The summed E-state index contributed by atoms with van der Waals surface area (Å²) < 4.78 is 0. The molecule has 0 atom stereocenters. The molecule has 17 heavy (non-hydrogen) atoms. The number of rotatable bonds is 3. The summed E-state index contributed by atoms with van der Waals surface area (Å²) in [7, 11) is 1.83. The highest BCUT2D eigenvalue weighted by Crippen LogP contribution is 2.21. The van der Waals surface area contributed by atoms with E-state index >= 15 is 0 Å². The quantitative estimate of drug-likeness (QED) is 0.855. The van der Waals surface area contributed by atoms with Crippen molar-refractivity contribution in [3.05, 3.63) is 40.5 Å². The van der Waals surface area contributed by atoms with Gasteiger partial charge in [-0.05, 0) is 23.7 Å². The SMILES string of the molecule is CN(Cc1ccccn1)c1nc(Cl)nnc1Cl. The highest BCUT2D eigenvalue weighted by molar-refractivity contribution is 6.32.